The van der Waals surface area contributed by atoms with Gasteiger partial charge in [0.1, 0.15) is 0 Å². The van der Waals surface area contributed by atoms with Gasteiger partial charge in [-0.3, -0.25) is 9.59 Å². The summed E-state index contributed by atoms with van der Waals surface area (Å²) in [5.74, 6) is -0.120. The van der Waals surface area contributed by atoms with Gasteiger partial charge in [0.2, 0.25) is 5.91 Å². The van der Waals surface area contributed by atoms with Crippen LogP contribution in [0, 0.1) is 5.92 Å². The number of Topliss-reactive ketones (excluding diaryl/α,β-unsaturated/α-hetero) is 1. The second-order valence-electron chi connectivity index (χ2n) is 4.20. The van der Waals surface area contributed by atoms with Crippen molar-refractivity contribution >= 4 is 27.6 Å². The van der Waals surface area contributed by atoms with Gasteiger partial charge in [-0.15, -0.1) is 0 Å². The molecule has 92 valence electrons. The highest BCUT2D eigenvalue weighted by molar-refractivity contribution is 9.10. The standard InChI is InChI=1S/C13H16BrNO2/c1-9(2)12(16)8-15-13(17)7-10-4-3-5-11(14)6-10/h3-6,9H,7-8H2,1-2H3,(H,15,17). The van der Waals surface area contributed by atoms with Crippen molar-refractivity contribution in [1.29, 1.82) is 0 Å². The van der Waals surface area contributed by atoms with Crippen molar-refractivity contribution in [2.75, 3.05) is 6.54 Å². The molecule has 0 aliphatic carbocycles. The van der Waals surface area contributed by atoms with E-state index >= 15 is 0 Å². The van der Waals surface area contributed by atoms with Crippen LogP contribution >= 0.6 is 15.9 Å². The van der Waals surface area contributed by atoms with Crippen LogP contribution < -0.4 is 5.32 Å². The lowest BCUT2D eigenvalue weighted by molar-refractivity contribution is -0.126. The molecule has 3 nitrogen and oxygen atoms in total. The van der Waals surface area contributed by atoms with E-state index in [1.54, 1.807) is 0 Å². The summed E-state index contributed by atoms with van der Waals surface area (Å²) in [6, 6.07) is 7.56. The first-order chi connectivity index (χ1) is 7.99. The smallest absolute Gasteiger partial charge is 0.224 e. The molecule has 0 saturated heterocycles. The number of nitrogens with one attached hydrogen (secondary N) is 1. The number of halogens is 1. The summed E-state index contributed by atoms with van der Waals surface area (Å²) in [5, 5.41) is 2.63. The lowest BCUT2D eigenvalue weighted by Crippen LogP contribution is -2.32. The molecule has 0 atom stereocenters. The molecule has 1 N–H and O–H groups in total. The summed E-state index contributed by atoms with van der Waals surface area (Å²) in [4.78, 5) is 22.9. The Hall–Kier alpha value is -1.16. The quantitative estimate of drug-likeness (QED) is 0.907. The van der Waals surface area contributed by atoms with E-state index < -0.39 is 0 Å². The number of benzene rings is 1. The van der Waals surface area contributed by atoms with E-state index in [1.165, 1.54) is 0 Å². The molecule has 17 heavy (non-hydrogen) atoms. The molecule has 1 rings (SSSR count). The number of rotatable bonds is 5. The van der Waals surface area contributed by atoms with Gasteiger partial charge < -0.3 is 5.32 Å². The van der Waals surface area contributed by atoms with E-state index in [1.807, 2.05) is 38.1 Å². The maximum Gasteiger partial charge on any atom is 0.224 e. The normalized spacial score (nSPS) is 10.4. The second kappa shape index (κ2) is 6.55. The van der Waals surface area contributed by atoms with Crippen molar-refractivity contribution in [3.05, 3.63) is 34.3 Å². The fraction of sp³-hybridized carbons (Fsp3) is 0.385. The summed E-state index contributed by atoms with van der Waals surface area (Å²) in [5.41, 5.74) is 0.925. The molecule has 1 aromatic rings. The van der Waals surface area contributed by atoms with Gasteiger partial charge >= 0.3 is 0 Å². The van der Waals surface area contributed by atoms with Crippen molar-refractivity contribution < 1.29 is 9.59 Å². The lowest BCUT2D eigenvalue weighted by Gasteiger charge is -2.06. The van der Waals surface area contributed by atoms with Crippen molar-refractivity contribution in [3.63, 3.8) is 0 Å². The summed E-state index contributed by atoms with van der Waals surface area (Å²) < 4.78 is 0.945. The Labute approximate surface area is 110 Å². The zero-order valence-electron chi connectivity index (χ0n) is 10.00. The van der Waals surface area contributed by atoms with Crippen LogP contribution in [0.25, 0.3) is 0 Å². The molecule has 4 heteroatoms. The van der Waals surface area contributed by atoms with Crippen LogP contribution in [0.1, 0.15) is 19.4 Å². The molecular weight excluding hydrogens is 282 g/mol. The van der Waals surface area contributed by atoms with Gasteiger partial charge in [0, 0.05) is 10.4 Å². The third-order valence-corrected chi connectivity index (χ3v) is 2.85. The molecule has 0 radical (unpaired) electrons. The van der Waals surface area contributed by atoms with Crippen LogP contribution in [0.15, 0.2) is 28.7 Å². The molecular formula is C13H16BrNO2. The second-order valence-corrected chi connectivity index (χ2v) is 5.12. The van der Waals surface area contributed by atoms with Gasteiger partial charge in [0.25, 0.3) is 0 Å². The average Bonchev–Trinajstić information content (AvgIpc) is 2.25. The van der Waals surface area contributed by atoms with E-state index in [4.69, 9.17) is 0 Å². The number of hydrogen-bond donors (Lipinski definition) is 1. The van der Waals surface area contributed by atoms with Crippen LogP contribution in [0.5, 0.6) is 0 Å². The third kappa shape index (κ3) is 5.13. The maximum absolute atomic E-state index is 11.6. The highest BCUT2D eigenvalue weighted by atomic mass is 79.9. The Morgan fingerprint density at radius 3 is 2.65 bits per heavy atom. The van der Waals surface area contributed by atoms with Crippen LogP contribution in [0.4, 0.5) is 0 Å². The predicted octanol–water partition coefficient (Wildman–Crippen LogP) is 2.33. The molecule has 0 aliphatic rings. The van der Waals surface area contributed by atoms with Crippen LogP contribution in [-0.2, 0) is 16.0 Å². The molecule has 0 heterocycles. The fourth-order valence-electron chi connectivity index (χ4n) is 1.28. The Morgan fingerprint density at radius 1 is 1.35 bits per heavy atom. The van der Waals surface area contributed by atoms with Gasteiger partial charge in [-0.2, -0.15) is 0 Å². The van der Waals surface area contributed by atoms with E-state index in [0.717, 1.165) is 10.0 Å². The first-order valence-corrected chi connectivity index (χ1v) is 6.32. The van der Waals surface area contributed by atoms with Gasteiger partial charge in [-0.05, 0) is 17.7 Å². The fourth-order valence-corrected chi connectivity index (χ4v) is 1.73. The average molecular weight is 298 g/mol. The summed E-state index contributed by atoms with van der Waals surface area (Å²) in [6.45, 7) is 3.76. The van der Waals surface area contributed by atoms with E-state index in [2.05, 4.69) is 21.2 Å². The molecule has 0 aromatic heterocycles. The number of carbonyl (C=O) groups is 2. The Morgan fingerprint density at radius 2 is 2.06 bits per heavy atom. The highest BCUT2D eigenvalue weighted by Crippen LogP contribution is 2.11. The van der Waals surface area contributed by atoms with E-state index in [0.29, 0.717) is 6.42 Å². The minimum atomic E-state index is -0.128. The molecule has 0 spiro atoms. The SMILES string of the molecule is CC(C)C(=O)CNC(=O)Cc1cccc(Br)c1. The minimum absolute atomic E-state index is 0.0406. The van der Waals surface area contributed by atoms with Gasteiger partial charge in [-0.25, -0.2) is 0 Å². The van der Waals surface area contributed by atoms with Crippen LogP contribution in [-0.4, -0.2) is 18.2 Å². The number of ketones is 1. The molecule has 1 amide bonds. The van der Waals surface area contributed by atoms with Crippen molar-refractivity contribution in [1.82, 2.24) is 5.32 Å². The molecule has 0 unspecified atom stereocenters. The van der Waals surface area contributed by atoms with Crippen molar-refractivity contribution in [3.8, 4) is 0 Å². The Kier molecular flexibility index (Phi) is 5.35. The topological polar surface area (TPSA) is 46.2 Å². The summed E-state index contributed by atoms with van der Waals surface area (Å²) in [7, 11) is 0. The zero-order chi connectivity index (χ0) is 12.8. The molecule has 0 saturated carbocycles. The summed E-state index contributed by atoms with van der Waals surface area (Å²) in [6.07, 6.45) is 0.296. The largest absolute Gasteiger partial charge is 0.349 e. The predicted molar refractivity (Wildman–Crippen MR) is 70.7 cm³/mol. The zero-order valence-corrected chi connectivity index (χ0v) is 11.6. The van der Waals surface area contributed by atoms with Crippen LogP contribution in [0.3, 0.4) is 0 Å². The lowest BCUT2D eigenvalue weighted by atomic mass is 10.1. The number of hydrogen-bond acceptors (Lipinski definition) is 2. The minimum Gasteiger partial charge on any atom is -0.349 e. The van der Waals surface area contributed by atoms with E-state index in [-0.39, 0.29) is 24.2 Å². The molecule has 0 fully saturated rings. The Bertz CT molecular complexity index is 416. The third-order valence-electron chi connectivity index (χ3n) is 2.36. The number of carbonyl (C=O) groups excluding carboxylic acids is 2. The van der Waals surface area contributed by atoms with Crippen LogP contribution in [0.2, 0.25) is 0 Å². The first-order valence-electron chi connectivity index (χ1n) is 5.53. The first kappa shape index (κ1) is 13.9. The Balaban J connectivity index is 2.43. The van der Waals surface area contributed by atoms with Crippen molar-refractivity contribution in [2.45, 2.75) is 20.3 Å². The monoisotopic (exact) mass is 297 g/mol. The van der Waals surface area contributed by atoms with Gasteiger partial charge in [-0.1, -0.05) is 41.9 Å². The van der Waals surface area contributed by atoms with Gasteiger partial charge in [0.15, 0.2) is 5.78 Å². The highest BCUT2D eigenvalue weighted by Gasteiger charge is 2.09. The maximum atomic E-state index is 11.6. The van der Waals surface area contributed by atoms with Gasteiger partial charge in [0.05, 0.1) is 13.0 Å². The summed E-state index contributed by atoms with van der Waals surface area (Å²) >= 11 is 3.35. The number of amides is 1. The molecule has 0 bridgehead atoms. The van der Waals surface area contributed by atoms with Crippen molar-refractivity contribution in [2.24, 2.45) is 5.92 Å². The molecule has 0 aliphatic heterocycles. The van der Waals surface area contributed by atoms with E-state index in [9.17, 15) is 9.59 Å². The molecule has 1 aromatic carbocycles.